The van der Waals surface area contributed by atoms with Crippen molar-refractivity contribution in [1.29, 1.82) is 0 Å². The number of hydrazone groups is 1. The predicted octanol–water partition coefficient (Wildman–Crippen LogP) is 4.63. The van der Waals surface area contributed by atoms with Gasteiger partial charge in [0, 0.05) is 10.9 Å². The van der Waals surface area contributed by atoms with Crippen LogP contribution in [0.2, 0.25) is 10.0 Å². The molecule has 23 heavy (non-hydrogen) atoms. The molecule has 0 spiro atoms. The van der Waals surface area contributed by atoms with Crippen molar-refractivity contribution in [2.45, 2.75) is 13.0 Å². The Morgan fingerprint density at radius 1 is 1.13 bits per heavy atom. The lowest BCUT2D eigenvalue weighted by Crippen LogP contribution is -2.26. The monoisotopic (exact) mass is 348 g/mol. The van der Waals surface area contributed by atoms with Crippen LogP contribution in [-0.2, 0) is 4.79 Å². The van der Waals surface area contributed by atoms with E-state index in [1.807, 2.05) is 37.3 Å². The minimum atomic E-state index is -1.02. The first-order valence-electron chi connectivity index (χ1n) is 7.10. The van der Waals surface area contributed by atoms with Crippen molar-refractivity contribution >= 4 is 40.6 Å². The van der Waals surface area contributed by atoms with Gasteiger partial charge in [0.05, 0.1) is 16.8 Å². The summed E-state index contributed by atoms with van der Waals surface area (Å²) in [5, 5.41) is 16.6. The fourth-order valence-corrected chi connectivity index (χ4v) is 3.15. The Hall–Kier alpha value is -2.04. The maximum atomic E-state index is 11.5. The van der Waals surface area contributed by atoms with E-state index in [0.717, 1.165) is 5.56 Å². The maximum absolute atomic E-state index is 11.5. The lowest BCUT2D eigenvalue weighted by molar-refractivity contribution is -0.129. The molecule has 0 amide bonds. The van der Waals surface area contributed by atoms with Gasteiger partial charge in [-0.2, -0.15) is 5.10 Å². The quantitative estimate of drug-likeness (QED) is 0.879. The van der Waals surface area contributed by atoms with Crippen LogP contribution in [0.4, 0.5) is 5.69 Å². The first-order chi connectivity index (χ1) is 11.0. The molecule has 2 atom stereocenters. The van der Waals surface area contributed by atoms with Crippen molar-refractivity contribution in [3.8, 4) is 0 Å². The molecule has 0 radical (unpaired) electrons. The third kappa shape index (κ3) is 2.92. The number of carbonyl (C=O) groups is 1. The number of hydrogen-bond donors (Lipinski definition) is 1. The van der Waals surface area contributed by atoms with Gasteiger partial charge >= 0.3 is 5.97 Å². The zero-order chi connectivity index (χ0) is 16.6. The number of hydrogen-bond acceptors (Lipinski definition) is 3. The molecule has 3 rings (SSSR count). The molecule has 1 heterocycles. The number of para-hydroxylation sites is 1. The summed E-state index contributed by atoms with van der Waals surface area (Å²) in [5.74, 6) is -1.31. The summed E-state index contributed by atoms with van der Waals surface area (Å²) in [5.41, 5.74) is 1.73. The molecule has 0 saturated carbocycles. The summed E-state index contributed by atoms with van der Waals surface area (Å²) in [6, 6.07) is 14.3. The third-order valence-corrected chi connectivity index (χ3v) is 4.49. The van der Waals surface area contributed by atoms with E-state index in [4.69, 9.17) is 23.2 Å². The van der Waals surface area contributed by atoms with E-state index < -0.39 is 5.97 Å². The number of aliphatic carboxylic acids is 1. The fourth-order valence-electron chi connectivity index (χ4n) is 2.80. The number of anilines is 1. The van der Waals surface area contributed by atoms with Gasteiger partial charge in [0.25, 0.3) is 0 Å². The standard InChI is InChI=1S/C17H14Cl2N2O2/c1-10-15(17(22)23)20-21(14-5-3-2-4-13(14)19)16(10)11-6-8-12(18)9-7-11/h2-10,16H,1H3,(H,22,23)/t10-,16+/m0/s1. The van der Waals surface area contributed by atoms with Crippen molar-refractivity contribution in [2.75, 3.05) is 5.01 Å². The summed E-state index contributed by atoms with van der Waals surface area (Å²) < 4.78 is 0. The van der Waals surface area contributed by atoms with Crippen LogP contribution in [0.1, 0.15) is 18.5 Å². The van der Waals surface area contributed by atoms with E-state index in [9.17, 15) is 9.90 Å². The first-order valence-corrected chi connectivity index (χ1v) is 7.85. The first kappa shape index (κ1) is 15.8. The van der Waals surface area contributed by atoms with Crippen LogP contribution < -0.4 is 5.01 Å². The number of carboxylic acids is 1. The molecule has 1 aliphatic rings. The molecule has 0 aliphatic carbocycles. The molecular formula is C17H14Cl2N2O2. The lowest BCUT2D eigenvalue weighted by Gasteiger charge is -2.27. The van der Waals surface area contributed by atoms with E-state index in [-0.39, 0.29) is 17.7 Å². The second-order valence-corrected chi connectivity index (χ2v) is 6.22. The average Bonchev–Trinajstić information content (AvgIpc) is 2.86. The van der Waals surface area contributed by atoms with Gasteiger partial charge in [0.15, 0.2) is 5.71 Å². The van der Waals surface area contributed by atoms with E-state index in [1.54, 1.807) is 23.2 Å². The number of rotatable bonds is 3. The van der Waals surface area contributed by atoms with Crippen molar-refractivity contribution in [3.05, 3.63) is 64.1 Å². The van der Waals surface area contributed by atoms with Gasteiger partial charge in [0.2, 0.25) is 0 Å². The van der Waals surface area contributed by atoms with Gasteiger partial charge in [-0.1, -0.05) is 54.4 Å². The van der Waals surface area contributed by atoms with Gasteiger partial charge < -0.3 is 5.11 Å². The van der Waals surface area contributed by atoms with E-state index in [2.05, 4.69) is 5.10 Å². The Kier molecular flexibility index (Phi) is 4.28. The van der Waals surface area contributed by atoms with E-state index in [0.29, 0.717) is 15.7 Å². The SMILES string of the molecule is C[C@H]1C(C(=O)O)=NN(c2ccccc2Cl)[C@H]1c1ccc(Cl)cc1. The molecule has 0 unspecified atom stereocenters. The minimum absolute atomic E-state index is 0.116. The Bertz CT molecular complexity index is 774. The number of benzene rings is 2. The van der Waals surface area contributed by atoms with E-state index in [1.165, 1.54) is 0 Å². The summed E-state index contributed by atoms with van der Waals surface area (Å²) in [7, 11) is 0. The summed E-state index contributed by atoms with van der Waals surface area (Å²) in [4.78, 5) is 11.5. The van der Waals surface area contributed by atoms with Crippen LogP contribution in [0.25, 0.3) is 0 Å². The highest BCUT2D eigenvalue weighted by molar-refractivity contribution is 6.38. The molecule has 1 aliphatic heterocycles. The molecule has 4 nitrogen and oxygen atoms in total. The number of halogens is 2. The minimum Gasteiger partial charge on any atom is -0.477 e. The van der Waals surface area contributed by atoms with Crippen LogP contribution in [0.5, 0.6) is 0 Å². The Morgan fingerprint density at radius 2 is 1.78 bits per heavy atom. The third-order valence-electron chi connectivity index (χ3n) is 3.91. The van der Waals surface area contributed by atoms with E-state index >= 15 is 0 Å². The zero-order valence-electron chi connectivity index (χ0n) is 12.3. The molecule has 2 aromatic rings. The Balaban J connectivity index is 2.10. The highest BCUT2D eigenvalue weighted by Crippen LogP contribution is 2.41. The molecule has 0 fully saturated rings. The normalized spacial score (nSPS) is 20.5. The van der Waals surface area contributed by atoms with Gasteiger partial charge in [-0.25, -0.2) is 4.79 Å². The average molecular weight is 349 g/mol. The summed E-state index contributed by atoms with van der Waals surface area (Å²) in [6.07, 6.45) is 0. The number of carboxylic acid groups (broad SMARTS) is 1. The highest BCUT2D eigenvalue weighted by atomic mass is 35.5. The van der Waals surface area contributed by atoms with Gasteiger partial charge in [-0.3, -0.25) is 5.01 Å². The lowest BCUT2D eigenvalue weighted by atomic mass is 9.91. The topological polar surface area (TPSA) is 52.9 Å². The largest absolute Gasteiger partial charge is 0.477 e. The van der Waals surface area contributed by atoms with Crippen LogP contribution in [0.15, 0.2) is 53.6 Å². The van der Waals surface area contributed by atoms with Crippen LogP contribution in [0, 0.1) is 5.92 Å². The maximum Gasteiger partial charge on any atom is 0.352 e. The molecule has 0 aromatic heterocycles. The second kappa shape index (κ2) is 6.22. The zero-order valence-corrected chi connectivity index (χ0v) is 13.8. The predicted molar refractivity (Wildman–Crippen MR) is 92.4 cm³/mol. The molecule has 1 N–H and O–H groups in total. The van der Waals surface area contributed by atoms with Crippen molar-refractivity contribution < 1.29 is 9.90 Å². The molecular weight excluding hydrogens is 335 g/mol. The summed E-state index contributed by atoms with van der Waals surface area (Å²) >= 11 is 12.2. The fraction of sp³-hybridized carbons (Fsp3) is 0.176. The van der Waals surface area contributed by atoms with Gasteiger partial charge in [-0.15, -0.1) is 0 Å². The van der Waals surface area contributed by atoms with Gasteiger partial charge in [-0.05, 0) is 29.8 Å². The Morgan fingerprint density at radius 3 is 2.39 bits per heavy atom. The number of nitrogens with zero attached hydrogens (tertiary/aromatic N) is 2. The highest BCUT2D eigenvalue weighted by Gasteiger charge is 2.39. The Labute approximate surface area is 143 Å². The van der Waals surface area contributed by atoms with Crippen LogP contribution in [0.3, 0.4) is 0 Å². The van der Waals surface area contributed by atoms with Crippen molar-refractivity contribution in [1.82, 2.24) is 0 Å². The molecule has 0 bridgehead atoms. The molecule has 0 saturated heterocycles. The van der Waals surface area contributed by atoms with Crippen LogP contribution >= 0.6 is 23.2 Å². The van der Waals surface area contributed by atoms with Crippen LogP contribution in [-0.4, -0.2) is 16.8 Å². The molecule has 118 valence electrons. The molecule has 2 aromatic carbocycles. The summed E-state index contributed by atoms with van der Waals surface area (Å²) in [6.45, 7) is 1.85. The van der Waals surface area contributed by atoms with Crippen molar-refractivity contribution in [2.24, 2.45) is 11.0 Å². The van der Waals surface area contributed by atoms with Gasteiger partial charge in [0.1, 0.15) is 0 Å². The smallest absolute Gasteiger partial charge is 0.352 e. The van der Waals surface area contributed by atoms with Crippen molar-refractivity contribution in [3.63, 3.8) is 0 Å². The molecule has 6 heteroatoms. The second-order valence-electron chi connectivity index (χ2n) is 5.37.